The molecule has 1 saturated carbocycles. The van der Waals surface area contributed by atoms with Gasteiger partial charge in [-0.25, -0.2) is 0 Å². The lowest BCUT2D eigenvalue weighted by atomic mass is 9.66. The van der Waals surface area contributed by atoms with E-state index in [-0.39, 0.29) is 0 Å². The van der Waals surface area contributed by atoms with Crippen LogP contribution in [0.5, 0.6) is 0 Å². The Bertz CT molecular complexity index is 302. The highest BCUT2D eigenvalue weighted by atomic mass is 15.2. The largest absolute Gasteiger partial charge is 0.329 e. The molecule has 2 fully saturated rings. The zero-order valence-corrected chi connectivity index (χ0v) is 14.7. The number of hydrogen-bond acceptors (Lipinski definition) is 2. The molecule has 3 unspecified atom stereocenters. The topological polar surface area (TPSA) is 29.3 Å². The molecule has 0 aromatic heterocycles. The van der Waals surface area contributed by atoms with Gasteiger partial charge in [0.05, 0.1) is 0 Å². The molecule has 21 heavy (non-hydrogen) atoms. The SMILES string of the molecule is CCCC1CCCN(C2(CN)CCCCC2C(C)C)CC1. The summed E-state index contributed by atoms with van der Waals surface area (Å²) in [6.45, 7) is 10.6. The molecule has 1 saturated heterocycles. The Morgan fingerprint density at radius 3 is 2.57 bits per heavy atom. The summed E-state index contributed by atoms with van der Waals surface area (Å²) in [7, 11) is 0. The van der Waals surface area contributed by atoms with E-state index in [1.807, 2.05) is 0 Å². The van der Waals surface area contributed by atoms with Gasteiger partial charge in [-0.15, -0.1) is 0 Å². The van der Waals surface area contributed by atoms with E-state index in [9.17, 15) is 0 Å². The smallest absolute Gasteiger partial charge is 0.0362 e. The van der Waals surface area contributed by atoms with Crippen molar-refractivity contribution in [1.29, 1.82) is 0 Å². The lowest BCUT2D eigenvalue weighted by molar-refractivity contribution is -0.0125. The lowest BCUT2D eigenvalue weighted by Crippen LogP contribution is -2.61. The van der Waals surface area contributed by atoms with Gasteiger partial charge < -0.3 is 5.73 Å². The highest BCUT2D eigenvalue weighted by molar-refractivity contribution is 5.01. The standard InChI is InChI=1S/C19H38N2/c1-4-8-17-9-7-13-21(14-11-17)19(15-20)12-6-5-10-18(19)16(2)3/h16-18H,4-15,20H2,1-3H3. The Morgan fingerprint density at radius 2 is 1.90 bits per heavy atom. The average Bonchev–Trinajstić information content (AvgIpc) is 2.73. The van der Waals surface area contributed by atoms with Gasteiger partial charge in [-0.1, -0.05) is 46.5 Å². The number of hydrogen-bond donors (Lipinski definition) is 1. The third kappa shape index (κ3) is 3.82. The minimum Gasteiger partial charge on any atom is -0.329 e. The van der Waals surface area contributed by atoms with Crippen LogP contribution in [0.1, 0.15) is 78.6 Å². The normalized spacial score (nSPS) is 35.9. The molecular weight excluding hydrogens is 256 g/mol. The second-order valence-electron chi connectivity index (χ2n) is 7.98. The van der Waals surface area contributed by atoms with E-state index >= 15 is 0 Å². The van der Waals surface area contributed by atoms with Crippen molar-refractivity contribution in [3.05, 3.63) is 0 Å². The molecule has 0 aromatic carbocycles. The van der Waals surface area contributed by atoms with Gasteiger partial charge in [0.15, 0.2) is 0 Å². The quantitative estimate of drug-likeness (QED) is 0.812. The first-order chi connectivity index (χ1) is 10.1. The number of likely N-dealkylation sites (tertiary alicyclic amines) is 1. The zero-order valence-electron chi connectivity index (χ0n) is 14.7. The predicted molar refractivity (Wildman–Crippen MR) is 92.4 cm³/mol. The summed E-state index contributed by atoms with van der Waals surface area (Å²) in [5.41, 5.74) is 6.71. The maximum Gasteiger partial charge on any atom is 0.0362 e. The summed E-state index contributed by atoms with van der Waals surface area (Å²) >= 11 is 0. The van der Waals surface area contributed by atoms with Crippen LogP contribution in [-0.2, 0) is 0 Å². The van der Waals surface area contributed by atoms with Crippen molar-refractivity contribution in [3.8, 4) is 0 Å². The second kappa shape index (κ2) is 7.97. The second-order valence-corrected chi connectivity index (χ2v) is 7.98. The summed E-state index contributed by atoms with van der Waals surface area (Å²) in [5, 5.41) is 0. The molecule has 2 heteroatoms. The van der Waals surface area contributed by atoms with Crippen LogP contribution in [0.15, 0.2) is 0 Å². The molecule has 0 aromatic rings. The van der Waals surface area contributed by atoms with E-state index in [1.165, 1.54) is 70.9 Å². The van der Waals surface area contributed by atoms with Crippen LogP contribution < -0.4 is 5.73 Å². The molecule has 0 bridgehead atoms. The molecule has 2 N–H and O–H groups in total. The molecular formula is C19H38N2. The van der Waals surface area contributed by atoms with Crippen LogP contribution in [0.4, 0.5) is 0 Å². The summed E-state index contributed by atoms with van der Waals surface area (Å²) in [6.07, 6.45) is 12.5. The first kappa shape index (κ1) is 17.3. The van der Waals surface area contributed by atoms with Crippen molar-refractivity contribution in [2.75, 3.05) is 19.6 Å². The van der Waals surface area contributed by atoms with Crippen molar-refractivity contribution < 1.29 is 0 Å². The fourth-order valence-electron chi connectivity index (χ4n) is 5.29. The minimum absolute atomic E-state index is 0.313. The number of nitrogens with two attached hydrogens (primary N) is 1. The highest BCUT2D eigenvalue weighted by Gasteiger charge is 2.45. The summed E-state index contributed by atoms with van der Waals surface area (Å²) in [5.74, 6) is 2.54. The lowest BCUT2D eigenvalue weighted by Gasteiger charge is -2.52. The van der Waals surface area contributed by atoms with Gasteiger partial charge in [-0.05, 0) is 62.9 Å². The first-order valence-electron chi connectivity index (χ1n) is 9.59. The fraction of sp³-hybridized carbons (Fsp3) is 1.00. The van der Waals surface area contributed by atoms with E-state index in [0.29, 0.717) is 5.54 Å². The Hall–Kier alpha value is -0.0800. The molecule has 1 aliphatic carbocycles. The van der Waals surface area contributed by atoms with Crippen molar-refractivity contribution in [2.24, 2.45) is 23.5 Å². The molecule has 2 aliphatic rings. The third-order valence-electron chi connectivity index (χ3n) is 6.40. The maximum absolute atomic E-state index is 6.40. The van der Waals surface area contributed by atoms with Gasteiger partial charge >= 0.3 is 0 Å². The van der Waals surface area contributed by atoms with Crippen LogP contribution >= 0.6 is 0 Å². The van der Waals surface area contributed by atoms with Crippen molar-refractivity contribution in [3.63, 3.8) is 0 Å². The van der Waals surface area contributed by atoms with Gasteiger partial charge in [0.2, 0.25) is 0 Å². The fourth-order valence-corrected chi connectivity index (χ4v) is 5.29. The molecule has 0 amide bonds. The maximum atomic E-state index is 6.40. The highest BCUT2D eigenvalue weighted by Crippen LogP contribution is 2.43. The Labute approximate surface area is 132 Å². The van der Waals surface area contributed by atoms with E-state index in [1.54, 1.807) is 0 Å². The van der Waals surface area contributed by atoms with E-state index in [0.717, 1.165) is 24.3 Å². The molecule has 2 rings (SSSR count). The van der Waals surface area contributed by atoms with E-state index in [4.69, 9.17) is 5.73 Å². The number of nitrogens with zero attached hydrogens (tertiary/aromatic N) is 1. The monoisotopic (exact) mass is 294 g/mol. The van der Waals surface area contributed by atoms with Gasteiger partial charge in [0.1, 0.15) is 0 Å². The molecule has 124 valence electrons. The van der Waals surface area contributed by atoms with Gasteiger partial charge in [-0.2, -0.15) is 0 Å². The Kier molecular flexibility index (Phi) is 6.55. The molecule has 1 aliphatic heterocycles. The van der Waals surface area contributed by atoms with E-state index in [2.05, 4.69) is 25.7 Å². The summed E-state index contributed by atoms with van der Waals surface area (Å²) in [4.78, 5) is 2.84. The van der Waals surface area contributed by atoms with Crippen molar-refractivity contribution >= 4 is 0 Å². The predicted octanol–water partition coefficient (Wildman–Crippen LogP) is 4.43. The van der Waals surface area contributed by atoms with Gasteiger partial charge in [0.25, 0.3) is 0 Å². The van der Waals surface area contributed by atoms with Crippen molar-refractivity contribution in [1.82, 2.24) is 4.90 Å². The summed E-state index contributed by atoms with van der Waals surface area (Å²) in [6, 6.07) is 0. The van der Waals surface area contributed by atoms with Gasteiger partial charge in [-0.3, -0.25) is 4.90 Å². The van der Waals surface area contributed by atoms with Crippen LogP contribution in [0, 0.1) is 17.8 Å². The molecule has 3 atom stereocenters. The minimum atomic E-state index is 0.313. The molecule has 1 heterocycles. The van der Waals surface area contributed by atoms with Crippen LogP contribution in [0.25, 0.3) is 0 Å². The average molecular weight is 295 g/mol. The molecule has 2 nitrogen and oxygen atoms in total. The molecule has 0 radical (unpaired) electrons. The van der Waals surface area contributed by atoms with Crippen LogP contribution in [0.3, 0.4) is 0 Å². The first-order valence-corrected chi connectivity index (χ1v) is 9.59. The van der Waals surface area contributed by atoms with Gasteiger partial charge in [0, 0.05) is 12.1 Å². The molecule has 0 spiro atoms. The zero-order chi connectivity index (χ0) is 15.3. The number of rotatable bonds is 5. The third-order valence-corrected chi connectivity index (χ3v) is 6.40. The van der Waals surface area contributed by atoms with E-state index < -0.39 is 0 Å². The Morgan fingerprint density at radius 1 is 1.10 bits per heavy atom. The summed E-state index contributed by atoms with van der Waals surface area (Å²) < 4.78 is 0. The van der Waals surface area contributed by atoms with Crippen LogP contribution in [0.2, 0.25) is 0 Å². The van der Waals surface area contributed by atoms with Crippen LogP contribution in [-0.4, -0.2) is 30.1 Å². The Balaban J connectivity index is 2.11. The van der Waals surface area contributed by atoms with Crippen molar-refractivity contribution in [2.45, 2.75) is 84.1 Å².